The van der Waals surface area contributed by atoms with Gasteiger partial charge in [0.05, 0.1) is 19.4 Å². The Hall–Kier alpha value is -0.130. The fourth-order valence-electron chi connectivity index (χ4n) is 2.91. The maximum Gasteiger partial charge on any atom is 0.208 e. The molecular weight excluding hydrogens is 419 g/mol. The molecule has 2 saturated heterocycles. The molecule has 0 radical (unpaired) electrons. The third kappa shape index (κ3) is 5.82. The Bertz CT molecular complexity index is 478. The second-order valence-electron chi connectivity index (χ2n) is 5.88. The Morgan fingerprint density at radius 3 is 2.77 bits per heavy atom. The van der Waals surface area contributed by atoms with Crippen LogP contribution in [0.4, 0.5) is 0 Å². The van der Waals surface area contributed by atoms with Gasteiger partial charge in [0.15, 0.2) is 5.96 Å². The van der Waals surface area contributed by atoms with Crippen LogP contribution in [0, 0.1) is 5.41 Å². The van der Waals surface area contributed by atoms with Gasteiger partial charge in [-0.3, -0.25) is 4.99 Å². The zero-order chi connectivity index (χ0) is 15.3. The van der Waals surface area contributed by atoms with E-state index in [0.717, 1.165) is 57.9 Å². The molecule has 7 nitrogen and oxygen atoms in total. The highest BCUT2D eigenvalue weighted by Gasteiger charge is 2.42. The summed E-state index contributed by atoms with van der Waals surface area (Å²) >= 11 is 0. The summed E-state index contributed by atoms with van der Waals surface area (Å²) in [6.07, 6.45) is 3.42. The average Bonchev–Trinajstić information content (AvgIpc) is 3.03. The van der Waals surface area contributed by atoms with Gasteiger partial charge in [0, 0.05) is 38.2 Å². The molecule has 0 aromatic heterocycles. The zero-order valence-electron chi connectivity index (χ0n) is 13.3. The Balaban J connectivity index is 0.00000242. The first-order valence-corrected chi connectivity index (χ1v) is 9.39. The molecule has 0 amide bonds. The van der Waals surface area contributed by atoms with Crippen LogP contribution in [0.2, 0.25) is 0 Å². The Labute approximate surface area is 150 Å². The van der Waals surface area contributed by atoms with E-state index in [9.17, 15) is 8.42 Å². The van der Waals surface area contributed by atoms with Crippen molar-refractivity contribution in [1.82, 2.24) is 14.9 Å². The zero-order valence-corrected chi connectivity index (χ0v) is 16.4. The van der Waals surface area contributed by atoms with Crippen LogP contribution >= 0.6 is 24.0 Å². The van der Waals surface area contributed by atoms with Crippen LogP contribution in [0.15, 0.2) is 4.99 Å². The van der Waals surface area contributed by atoms with Crippen molar-refractivity contribution in [1.29, 1.82) is 0 Å². The number of hydrogen-bond acceptors (Lipinski definition) is 4. The number of guanidine groups is 1. The van der Waals surface area contributed by atoms with Crippen molar-refractivity contribution in [3.8, 4) is 0 Å². The summed E-state index contributed by atoms with van der Waals surface area (Å²) in [4.78, 5) is 6.78. The molecule has 0 aromatic carbocycles. The number of sulfonamides is 1. The third-order valence-corrected chi connectivity index (χ3v) is 4.72. The van der Waals surface area contributed by atoms with Crippen molar-refractivity contribution in [2.45, 2.75) is 19.8 Å². The average molecular weight is 446 g/mol. The van der Waals surface area contributed by atoms with Crippen LogP contribution in [0.5, 0.6) is 0 Å². The highest BCUT2D eigenvalue weighted by Crippen LogP contribution is 2.38. The van der Waals surface area contributed by atoms with Gasteiger partial charge in [0.1, 0.15) is 0 Å². The van der Waals surface area contributed by atoms with E-state index >= 15 is 0 Å². The lowest BCUT2D eigenvalue weighted by atomic mass is 9.87. The van der Waals surface area contributed by atoms with Crippen molar-refractivity contribution in [3.05, 3.63) is 0 Å². The van der Waals surface area contributed by atoms with E-state index in [4.69, 9.17) is 4.74 Å². The molecule has 0 bridgehead atoms. The monoisotopic (exact) mass is 446 g/mol. The maximum absolute atomic E-state index is 11.0. The third-order valence-electron chi connectivity index (χ3n) is 4.00. The van der Waals surface area contributed by atoms with Crippen LogP contribution in [-0.2, 0) is 14.8 Å². The number of aliphatic imine (C=N–C) groups is 1. The van der Waals surface area contributed by atoms with Crippen LogP contribution in [0.1, 0.15) is 19.8 Å². The summed E-state index contributed by atoms with van der Waals surface area (Å²) in [5.74, 6) is 0.872. The largest absolute Gasteiger partial charge is 0.381 e. The van der Waals surface area contributed by atoms with Gasteiger partial charge >= 0.3 is 0 Å². The lowest BCUT2D eigenvalue weighted by Crippen LogP contribution is -2.42. The van der Waals surface area contributed by atoms with E-state index in [0.29, 0.717) is 18.5 Å². The lowest BCUT2D eigenvalue weighted by Gasteiger charge is -2.24. The first-order valence-electron chi connectivity index (χ1n) is 7.50. The van der Waals surface area contributed by atoms with Crippen molar-refractivity contribution >= 4 is 40.0 Å². The molecule has 2 fully saturated rings. The minimum Gasteiger partial charge on any atom is -0.381 e. The molecule has 0 aromatic rings. The van der Waals surface area contributed by atoms with E-state index in [-0.39, 0.29) is 24.0 Å². The number of ether oxygens (including phenoxy) is 1. The molecule has 1 spiro atoms. The standard InChI is InChI=1S/C13H26N4O3S.HI/c1-3-14-12(15-6-7-16-21(2,18)19)17-8-4-13(10-17)5-9-20-11-13;/h16H,3-11H2,1-2H3,(H,14,15);1H. The quantitative estimate of drug-likeness (QED) is 0.274. The molecular formula is C13H27IN4O3S. The normalized spacial score (nSPS) is 25.5. The maximum atomic E-state index is 11.0. The van der Waals surface area contributed by atoms with Gasteiger partial charge < -0.3 is 15.0 Å². The number of likely N-dealkylation sites (tertiary alicyclic amines) is 1. The predicted molar refractivity (Wildman–Crippen MR) is 98.3 cm³/mol. The van der Waals surface area contributed by atoms with E-state index in [1.165, 1.54) is 0 Å². The van der Waals surface area contributed by atoms with E-state index in [1.807, 2.05) is 6.92 Å². The van der Waals surface area contributed by atoms with Crippen molar-refractivity contribution in [2.75, 3.05) is 52.2 Å². The molecule has 2 N–H and O–H groups in total. The van der Waals surface area contributed by atoms with Gasteiger partial charge in [0.2, 0.25) is 10.0 Å². The predicted octanol–water partition coefficient (Wildman–Crippen LogP) is 0.232. The minimum absolute atomic E-state index is 0. The minimum atomic E-state index is -3.14. The van der Waals surface area contributed by atoms with Gasteiger partial charge in [-0.25, -0.2) is 13.1 Å². The Kier molecular flexibility index (Phi) is 7.83. The lowest BCUT2D eigenvalue weighted by molar-refractivity contribution is 0.156. The van der Waals surface area contributed by atoms with Crippen LogP contribution in [0.25, 0.3) is 0 Å². The molecule has 2 aliphatic rings. The Morgan fingerprint density at radius 1 is 1.41 bits per heavy atom. The molecule has 130 valence electrons. The number of rotatable bonds is 5. The van der Waals surface area contributed by atoms with E-state index < -0.39 is 10.0 Å². The smallest absolute Gasteiger partial charge is 0.208 e. The molecule has 1 atom stereocenters. The van der Waals surface area contributed by atoms with Crippen LogP contribution in [-0.4, -0.2) is 71.5 Å². The van der Waals surface area contributed by atoms with Crippen molar-refractivity contribution in [2.24, 2.45) is 10.4 Å². The number of nitrogens with zero attached hydrogens (tertiary/aromatic N) is 2. The highest BCUT2D eigenvalue weighted by atomic mass is 127. The highest BCUT2D eigenvalue weighted by molar-refractivity contribution is 14.0. The summed E-state index contributed by atoms with van der Waals surface area (Å²) in [5.41, 5.74) is 0.293. The van der Waals surface area contributed by atoms with Crippen LogP contribution < -0.4 is 10.0 Å². The summed E-state index contributed by atoms with van der Waals surface area (Å²) in [6.45, 7) is 7.27. The molecule has 2 rings (SSSR count). The van der Waals surface area contributed by atoms with Gasteiger partial charge in [0.25, 0.3) is 0 Å². The van der Waals surface area contributed by atoms with Crippen LogP contribution in [0.3, 0.4) is 0 Å². The molecule has 2 aliphatic heterocycles. The number of hydrogen-bond donors (Lipinski definition) is 2. The number of nitrogens with one attached hydrogen (secondary N) is 2. The topological polar surface area (TPSA) is 83.0 Å². The van der Waals surface area contributed by atoms with Gasteiger partial charge in [-0.05, 0) is 19.8 Å². The first-order chi connectivity index (χ1) is 9.94. The molecule has 0 saturated carbocycles. The molecule has 2 heterocycles. The van der Waals surface area contributed by atoms with Crippen molar-refractivity contribution < 1.29 is 13.2 Å². The van der Waals surface area contributed by atoms with Gasteiger partial charge in [-0.2, -0.15) is 0 Å². The van der Waals surface area contributed by atoms with E-state index in [2.05, 4.69) is 19.9 Å². The fraction of sp³-hybridized carbons (Fsp3) is 0.923. The summed E-state index contributed by atoms with van der Waals surface area (Å²) in [7, 11) is -3.14. The summed E-state index contributed by atoms with van der Waals surface area (Å²) < 4.78 is 30.1. The molecule has 1 unspecified atom stereocenters. The molecule has 0 aliphatic carbocycles. The first kappa shape index (κ1) is 19.9. The summed E-state index contributed by atoms with van der Waals surface area (Å²) in [6, 6.07) is 0. The van der Waals surface area contributed by atoms with E-state index in [1.54, 1.807) is 0 Å². The second-order valence-corrected chi connectivity index (χ2v) is 7.71. The van der Waals surface area contributed by atoms with Crippen molar-refractivity contribution in [3.63, 3.8) is 0 Å². The molecule has 9 heteroatoms. The number of halogens is 1. The second kappa shape index (κ2) is 8.65. The molecule has 22 heavy (non-hydrogen) atoms. The van der Waals surface area contributed by atoms with Gasteiger partial charge in [-0.15, -0.1) is 24.0 Å². The SMILES string of the molecule is CCNC(=NCCNS(C)(=O)=O)N1CCC2(CCOC2)C1.I. The van der Waals surface area contributed by atoms with Gasteiger partial charge in [-0.1, -0.05) is 0 Å². The summed E-state index contributed by atoms with van der Waals surface area (Å²) in [5, 5.41) is 3.29. The Morgan fingerprint density at radius 2 is 2.18 bits per heavy atom. The fourth-order valence-corrected chi connectivity index (χ4v) is 3.37.